The molecule has 0 fully saturated rings. The first-order chi connectivity index (χ1) is 10.5. The second-order valence-electron chi connectivity index (χ2n) is 5.15. The maximum Gasteiger partial charge on any atom is 0.312 e. The molecule has 0 spiro atoms. The number of aromatic nitrogens is 3. The maximum atomic E-state index is 11.8. The molecule has 0 unspecified atom stereocenters. The summed E-state index contributed by atoms with van der Waals surface area (Å²) in [6, 6.07) is 0. The number of hydrogen-bond donors (Lipinski definition) is 0. The van der Waals surface area contributed by atoms with Gasteiger partial charge in [0.25, 0.3) is 0 Å². The van der Waals surface area contributed by atoms with E-state index in [1.807, 2.05) is 30.8 Å². The third-order valence-corrected chi connectivity index (χ3v) is 4.48. The lowest BCUT2D eigenvalue weighted by atomic mass is 9.99. The smallest absolute Gasteiger partial charge is 0.312 e. The Morgan fingerprint density at radius 2 is 2.14 bits per heavy atom. The molecule has 2 aromatic heterocycles. The molecule has 0 aliphatic carbocycles. The fourth-order valence-electron chi connectivity index (χ4n) is 2.55. The molecule has 0 amide bonds. The molecule has 0 N–H and O–H groups in total. The van der Waals surface area contributed by atoms with Crippen LogP contribution in [-0.4, -0.2) is 35.0 Å². The van der Waals surface area contributed by atoms with Gasteiger partial charge in [0.2, 0.25) is 0 Å². The Hall–Kier alpha value is -1.73. The molecule has 120 valence electrons. The van der Waals surface area contributed by atoms with Crippen LogP contribution in [0.15, 0.2) is 5.38 Å². The van der Waals surface area contributed by atoms with Crippen molar-refractivity contribution in [3.05, 3.63) is 33.0 Å². The summed E-state index contributed by atoms with van der Waals surface area (Å²) in [5.74, 6) is -0.569. The number of nitrogens with zero attached hydrogens (tertiary/aromatic N) is 3. The Morgan fingerprint density at radius 3 is 2.77 bits per heavy atom. The third kappa shape index (κ3) is 3.36. The van der Waals surface area contributed by atoms with Crippen LogP contribution < -0.4 is 0 Å². The number of ether oxygens (including phenoxy) is 2. The highest BCUT2D eigenvalue weighted by atomic mass is 32.1. The number of hydrogen-bond acceptors (Lipinski definition) is 6. The van der Waals surface area contributed by atoms with E-state index in [1.165, 1.54) is 7.11 Å². The van der Waals surface area contributed by atoms with Crippen LogP contribution >= 0.6 is 11.3 Å². The molecular formula is C15H21N3O3S. The van der Waals surface area contributed by atoms with Gasteiger partial charge in [-0.2, -0.15) is 5.10 Å². The fourth-order valence-corrected chi connectivity index (χ4v) is 3.31. The largest absolute Gasteiger partial charge is 0.469 e. The van der Waals surface area contributed by atoms with Crippen molar-refractivity contribution in [2.75, 3.05) is 14.2 Å². The lowest BCUT2D eigenvalue weighted by molar-refractivity contribution is -0.142. The van der Waals surface area contributed by atoms with Crippen LogP contribution in [0.3, 0.4) is 0 Å². The first-order valence-electron chi connectivity index (χ1n) is 7.01. The average Bonchev–Trinajstić information content (AvgIpc) is 3.03. The number of methoxy groups -OCH3 is 2. The highest BCUT2D eigenvalue weighted by Crippen LogP contribution is 2.25. The van der Waals surface area contributed by atoms with E-state index in [1.54, 1.807) is 18.4 Å². The van der Waals surface area contributed by atoms with Crippen LogP contribution in [0, 0.1) is 13.8 Å². The van der Waals surface area contributed by atoms with Crippen molar-refractivity contribution >= 4 is 17.3 Å². The zero-order valence-corrected chi connectivity index (χ0v) is 14.4. The Kier molecular flexibility index (Phi) is 5.31. The van der Waals surface area contributed by atoms with Gasteiger partial charge >= 0.3 is 5.97 Å². The van der Waals surface area contributed by atoms with Crippen LogP contribution in [0.4, 0.5) is 0 Å². The van der Waals surface area contributed by atoms with Gasteiger partial charge in [0.1, 0.15) is 5.01 Å². The van der Waals surface area contributed by atoms with E-state index < -0.39 is 0 Å². The topological polar surface area (TPSA) is 66.2 Å². The van der Waals surface area contributed by atoms with Crippen molar-refractivity contribution in [1.29, 1.82) is 0 Å². The molecule has 6 nitrogen and oxygen atoms in total. The van der Waals surface area contributed by atoms with E-state index in [-0.39, 0.29) is 11.9 Å². The van der Waals surface area contributed by atoms with Gasteiger partial charge in [0, 0.05) is 23.7 Å². The van der Waals surface area contributed by atoms with Gasteiger partial charge in [-0.15, -0.1) is 11.3 Å². The van der Waals surface area contributed by atoms with Gasteiger partial charge in [-0.25, -0.2) is 4.98 Å². The number of aryl methyl sites for hydroxylation is 1. The van der Waals surface area contributed by atoms with Crippen molar-refractivity contribution < 1.29 is 14.3 Å². The van der Waals surface area contributed by atoms with E-state index in [0.717, 1.165) is 27.7 Å². The molecule has 0 bridgehead atoms. The van der Waals surface area contributed by atoms with Gasteiger partial charge in [-0.1, -0.05) is 0 Å². The van der Waals surface area contributed by atoms with E-state index in [2.05, 4.69) is 10.1 Å². The number of thiazole rings is 1. The predicted octanol–water partition coefficient (Wildman–Crippen LogP) is 2.43. The first kappa shape index (κ1) is 16.6. The van der Waals surface area contributed by atoms with Crippen LogP contribution in [0.2, 0.25) is 0 Å². The van der Waals surface area contributed by atoms with E-state index in [4.69, 9.17) is 9.47 Å². The quantitative estimate of drug-likeness (QED) is 0.764. The Bertz CT molecular complexity index is 663. The summed E-state index contributed by atoms with van der Waals surface area (Å²) in [4.78, 5) is 16.3. The summed E-state index contributed by atoms with van der Waals surface area (Å²) in [5, 5.41) is 7.50. The van der Waals surface area contributed by atoms with Crippen LogP contribution in [-0.2, 0) is 27.4 Å². The Balaban J connectivity index is 2.23. The molecule has 7 heteroatoms. The molecule has 22 heavy (non-hydrogen) atoms. The monoisotopic (exact) mass is 323 g/mol. The van der Waals surface area contributed by atoms with Crippen LogP contribution in [0.1, 0.15) is 40.5 Å². The molecule has 0 saturated heterocycles. The SMILES string of the molecule is COCc1nc(Cn2nc(C)c([C@H](C)C(=O)OC)c2C)cs1. The summed E-state index contributed by atoms with van der Waals surface area (Å²) in [6.07, 6.45) is 0. The zero-order chi connectivity index (χ0) is 16.3. The molecule has 0 aliphatic rings. The molecule has 0 aromatic carbocycles. The van der Waals surface area contributed by atoms with Crippen molar-refractivity contribution in [1.82, 2.24) is 14.8 Å². The summed E-state index contributed by atoms with van der Waals surface area (Å²) in [5.41, 5.74) is 3.69. The number of esters is 1. The third-order valence-electron chi connectivity index (χ3n) is 3.60. The molecule has 2 heterocycles. The van der Waals surface area contributed by atoms with E-state index in [0.29, 0.717) is 13.2 Å². The minimum Gasteiger partial charge on any atom is -0.469 e. The molecule has 0 saturated carbocycles. The van der Waals surface area contributed by atoms with Gasteiger partial charge in [-0.05, 0) is 20.8 Å². The van der Waals surface area contributed by atoms with Crippen LogP contribution in [0.5, 0.6) is 0 Å². The Labute approximate surface area is 134 Å². The van der Waals surface area contributed by atoms with Crippen LogP contribution in [0.25, 0.3) is 0 Å². The van der Waals surface area contributed by atoms with Gasteiger partial charge in [-0.3, -0.25) is 9.48 Å². The number of rotatable bonds is 6. The van der Waals surface area contributed by atoms with E-state index in [9.17, 15) is 4.79 Å². The predicted molar refractivity (Wildman–Crippen MR) is 84.1 cm³/mol. The summed E-state index contributed by atoms with van der Waals surface area (Å²) in [6.45, 7) is 6.83. The zero-order valence-electron chi connectivity index (χ0n) is 13.5. The number of carbonyl (C=O) groups excluding carboxylic acids is 1. The first-order valence-corrected chi connectivity index (χ1v) is 7.89. The highest BCUT2D eigenvalue weighted by molar-refractivity contribution is 7.09. The molecular weight excluding hydrogens is 302 g/mol. The second kappa shape index (κ2) is 7.02. The van der Waals surface area contributed by atoms with E-state index >= 15 is 0 Å². The summed E-state index contributed by atoms with van der Waals surface area (Å²) in [7, 11) is 3.06. The minimum absolute atomic E-state index is 0.248. The lowest BCUT2D eigenvalue weighted by Crippen LogP contribution is -2.13. The fraction of sp³-hybridized carbons (Fsp3) is 0.533. The average molecular weight is 323 g/mol. The standard InChI is InChI=1S/C15H21N3O3S/c1-9(15(19)21-5)14-10(2)17-18(11(14)3)6-12-8-22-13(16-12)7-20-4/h8-9H,6-7H2,1-5H3/t9-/m0/s1. The number of carbonyl (C=O) groups is 1. The van der Waals surface area contributed by atoms with Crippen molar-refractivity contribution in [2.45, 2.75) is 39.8 Å². The molecule has 2 aromatic rings. The molecule has 0 aliphatic heterocycles. The maximum absolute atomic E-state index is 11.8. The van der Waals surface area contributed by atoms with Crippen molar-refractivity contribution in [2.24, 2.45) is 0 Å². The van der Waals surface area contributed by atoms with Crippen molar-refractivity contribution in [3.8, 4) is 0 Å². The van der Waals surface area contributed by atoms with Gasteiger partial charge < -0.3 is 9.47 Å². The molecule has 1 atom stereocenters. The molecule has 2 rings (SSSR count). The summed E-state index contributed by atoms with van der Waals surface area (Å²) >= 11 is 1.57. The normalized spacial score (nSPS) is 12.4. The van der Waals surface area contributed by atoms with Crippen molar-refractivity contribution in [3.63, 3.8) is 0 Å². The van der Waals surface area contributed by atoms with Gasteiger partial charge in [0.05, 0.1) is 37.6 Å². The Morgan fingerprint density at radius 1 is 1.41 bits per heavy atom. The second-order valence-corrected chi connectivity index (χ2v) is 6.10. The minimum atomic E-state index is -0.321. The summed E-state index contributed by atoms with van der Waals surface area (Å²) < 4.78 is 11.8. The highest BCUT2D eigenvalue weighted by Gasteiger charge is 2.24. The molecule has 0 radical (unpaired) electrons. The lowest BCUT2D eigenvalue weighted by Gasteiger charge is -2.10. The van der Waals surface area contributed by atoms with Gasteiger partial charge in [0.15, 0.2) is 0 Å².